The molecule has 3 rings (SSSR count). The molecular formula is C10H9N3S. The molecule has 1 aliphatic rings. The van der Waals surface area contributed by atoms with Gasteiger partial charge in [0.05, 0.1) is 16.6 Å². The van der Waals surface area contributed by atoms with Gasteiger partial charge in [-0.2, -0.15) is 0 Å². The topological polar surface area (TPSA) is 41.0 Å². The number of H-pyrrole nitrogens is 1. The summed E-state index contributed by atoms with van der Waals surface area (Å²) in [5.41, 5.74) is 4.02. The summed E-state index contributed by atoms with van der Waals surface area (Å²) in [7, 11) is 0. The molecule has 0 bridgehead atoms. The first-order chi connectivity index (χ1) is 6.93. The van der Waals surface area contributed by atoms with Crippen LogP contribution in [0.1, 0.15) is 11.9 Å². The average Bonchev–Trinajstić information content (AvgIpc) is 2.86. The van der Waals surface area contributed by atoms with Crippen LogP contribution in [0, 0.1) is 0 Å². The molecule has 3 nitrogen and oxygen atoms in total. The molecule has 0 saturated heterocycles. The van der Waals surface area contributed by atoms with E-state index in [2.05, 4.69) is 15.0 Å². The van der Waals surface area contributed by atoms with E-state index in [1.165, 1.54) is 0 Å². The molecule has 1 aromatic heterocycles. The van der Waals surface area contributed by atoms with Crippen LogP contribution in [0.15, 0.2) is 29.3 Å². The summed E-state index contributed by atoms with van der Waals surface area (Å²) in [5.74, 6) is 1.98. The lowest BCUT2D eigenvalue weighted by Crippen LogP contribution is -1.96. The van der Waals surface area contributed by atoms with Gasteiger partial charge in [-0.3, -0.25) is 4.99 Å². The average molecular weight is 203 g/mol. The van der Waals surface area contributed by atoms with Crippen molar-refractivity contribution in [3.63, 3.8) is 0 Å². The van der Waals surface area contributed by atoms with Gasteiger partial charge in [0.2, 0.25) is 0 Å². The van der Waals surface area contributed by atoms with Gasteiger partial charge in [0.25, 0.3) is 0 Å². The van der Waals surface area contributed by atoms with Crippen molar-refractivity contribution in [3.05, 3.63) is 30.1 Å². The van der Waals surface area contributed by atoms with Crippen LogP contribution in [0.2, 0.25) is 0 Å². The van der Waals surface area contributed by atoms with Gasteiger partial charge in [-0.25, -0.2) is 4.98 Å². The highest BCUT2D eigenvalue weighted by molar-refractivity contribution is 8.12. The van der Waals surface area contributed by atoms with E-state index in [0.717, 1.165) is 22.6 Å². The van der Waals surface area contributed by atoms with Gasteiger partial charge in [0.1, 0.15) is 11.9 Å². The first-order valence-electron chi connectivity index (χ1n) is 4.51. The van der Waals surface area contributed by atoms with Crippen LogP contribution in [0.25, 0.3) is 11.0 Å². The van der Waals surface area contributed by atoms with Crippen molar-refractivity contribution < 1.29 is 0 Å². The Bertz CT molecular complexity index is 456. The number of benzene rings is 1. The van der Waals surface area contributed by atoms with E-state index in [1.54, 1.807) is 11.8 Å². The summed E-state index contributed by atoms with van der Waals surface area (Å²) < 4.78 is 0. The first-order valence-corrected chi connectivity index (χ1v) is 5.56. The summed E-state index contributed by atoms with van der Waals surface area (Å²) >= 11 is 1.74. The van der Waals surface area contributed by atoms with Gasteiger partial charge in [-0.05, 0) is 12.1 Å². The Morgan fingerprint density at radius 2 is 2.29 bits per heavy atom. The van der Waals surface area contributed by atoms with E-state index in [0.29, 0.717) is 0 Å². The van der Waals surface area contributed by atoms with Crippen LogP contribution in [0.4, 0.5) is 0 Å². The quantitative estimate of drug-likeness (QED) is 0.773. The molecule has 0 spiro atoms. The van der Waals surface area contributed by atoms with E-state index < -0.39 is 0 Å². The predicted octanol–water partition coefficient (Wildman–Crippen LogP) is 2.38. The fourth-order valence-electron chi connectivity index (χ4n) is 1.57. The summed E-state index contributed by atoms with van der Waals surface area (Å²) in [6.07, 6.45) is 0. The van der Waals surface area contributed by atoms with E-state index in [4.69, 9.17) is 0 Å². The number of fused-ring (bicyclic) bond motifs is 1. The first kappa shape index (κ1) is 8.05. The molecule has 1 unspecified atom stereocenters. The molecular weight excluding hydrogens is 194 g/mol. The number of para-hydroxylation sites is 2. The number of hydrogen-bond donors (Lipinski definition) is 1. The highest BCUT2D eigenvalue weighted by Crippen LogP contribution is 2.26. The maximum atomic E-state index is 4.51. The molecule has 1 aliphatic heterocycles. The standard InChI is InChI=1S/C10H9N3S/c1-2-4-8-7(3-1)12-10(13-8)9-5-14-6-11-9/h1-4,6,9H,5H2,(H,12,13). The van der Waals surface area contributed by atoms with Crippen molar-refractivity contribution in [1.82, 2.24) is 9.97 Å². The van der Waals surface area contributed by atoms with Crippen molar-refractivity contribution in [3.8, 4) is 0 Å². The summed E-state index contributed by atoms with van der Waals surface area (Å²) in [6.45, 7) is 0. The van der Waals surface area contributed by atoms with E-state index >= 15 is 0 Å². The molecule has 2 heterocycles. The van der Waals surface area contributed by atoms with Gasteiger partial charge >= 0.3 is 0 Å². The molecule has 4 heteroatoms. The fourth-order valence-corrected chi connectivity index (χ4v) is 2.32. The van der Waals surface area contributed by atoms with Crippen LogP contribution < -0.4 is 0 Å². The van der Waals surface area contributed by atoms with Gasteiger partial charge in [-0.15, -0.1) is 11.8 Å². The van der Waals surface area contributed by atoms with Crippen molar-refractivity contribution >= 4 is 28.3 Å². The molecule has 1 atom stereocenters. The third-order valence-electron chi connectivity index (χ3n) is 2.29. The Morgan fingerprint density at radius 3 is 3.07 bits per heavy atom. The fraction of sp³-hybridized carbons (Fsp3) is 0.200. The van der Waals surface area contributed by atoms with Crippen LogP contribution in [0.3, 0.4) is 0 Å². The molecule has 0 amide bonds. The number of rotatable bonds is 1. The predicted molar refractivity (Wildman–Crippen MR) is 59.8 cm³/mol. The van der Waals surface area contributed by atoms with Crippen LogP contribution >= 0.6 is 11.8 Å². The zero-order chi connectivity index (χ0) is 9.38. The monoisotopic (exact) mass is 203 g/mol. The molecule has 70 valence electrons. The number of aromatic amines is 1. The van der Waals surface area contributed by atoms with E-state index in [1.807, 2.05) is 29.8 Å². The second-order valence-electron chi connectivity index (χ2n) is 3.24. The molecule has 1 aromatic carbocycles. The maximum Gasteiger partial charge on any atom is 0.133 e. The van der Waals surface area contributed by atoms with Crippen LogP contribution in [-0.4, -0.2) is 21.3 Å². The molecule has 0 saturated carbocycles. The highest BCUT2D eigenvalue weighted by Gasteiger charge is 2.17. The lowest BCUT2D eigenvalue weighted by atomic mass is 10.3. The molecule has 0 aliphatic carbocycles. The normalized spacial score (nSPS) is 20.7. The number of imidazole rings is 1. The van der Waals surface area contributed by atoms with Gasteiger partial charge in [0.15, 0.2) is 0 Å². The smallest absolute Gasteiger partial charge is 0.133 e. The zero-order valence-corrected chi connectivity index (χ0v) is 8.29. The lowest BCUT2D eigenvalue weighted by Gasteiger charge is -1.99. The SMILES string of the molecule is C1=NC(c2nc3ccccc3[nH]2)CS1. The van der Waals surface area contributed by atoms with Gasteiger partial charge in [0, 0.05) is 5.75 Å². The van der Waals surface area contributed by atoms with E-state index in [9.17, 15) is 0 Å². The Labute approximate surface area is 85.6 Å². The number of aliphatic imine (C=N–C) groups is 1. The van der Waals surface area contributed by atoms with Crippen molar-refractivity contribution in [2.24, 2.45) is 4.99 Å². The van der Waals surface area contributed by atoms with Crippen molar-refractivity contribution in [2.75, 3.05) is 5.75 Å². The number of nitrogens with zero attached hydrogens (tertiary/aromatic N) is 2. The summed E-state index contributed by atoms with van der Waals surface area (Å²) in [4.78, 5) is 12.2. The van der Waals surface area contributed by atoms with Crippen molar-refractivity contribution in [1.29, 1.82) is 0 Å². The van der Waals surface area contributed by atoms with Gasteiger partial charge in [-0.1, -0.05) is 12.1 Å². The Hall–Kier alpha value is -1.29. The minimum absolute atomic E-state index is 0.215. The minimum atomic E-state index is 0.215. The van der Waals surface area contributed by atoms with Crippen LogP contribution in [0.5, 0.6) is 0 Å². The molecule has 0 fully saturated rings. The number of nitrogens with one attached hydrogen (secondary N) is 1. The second kappa shape index (κ2) is 3.13. The number of thioether (sulfide) groups is 1. The highest BCUT2D eigenvalue weighted by atomic mass is 32.2. The molecule has 1 N–H and O–H groups in total. The number of aromatic nitrogens is 2. The molecule has 2 aromatic rings. The van der Waals surface area contributed by atoms with Crippen LogP contribution in [-0.2, 0) is 0 Å². The van der Waals surface area contributed by atoms with Crippen molar-refractivity contribution in [2.45, 2.75) is 6.04 Å². The maximum absolute atomic E-state index is 4.51. The van der Waals surface area contributed by atoms with E-state index in [-0.39, 0.29) is 6.04 Å². The third-order valence-corrected chi connectivity index (χ3v) is 3.07. The lowest BCUT2D eigenvalue weighted by molar-refractivity contribution is 0.788. The Morgan fingerprint density at radius 1 is 1.36 bits per heavy atom. The van der Waals surface area contributed by atoms with Gasteiger partial charge < -0.3 is 4.98 Å². The third kappa shape index (κ3) is 1.23. The largest absolute Gasteiger partial charge is 0.340 e. The Balaban J connectivity index is 2.09. The molecule has 14 heavy (non-hydrogen) atoms. The minimum Gasteiger partial charge on any atom is -0.340 e. The zero-order valence-electron chi connectivity index (χ0n) is 7.47. The number of hydrogen-bond acceptors (Lipinski definition) is 3. The molecule has 0 radical (unpaired) electrons. The summed E-state index contributed by atoms with van der Waals surface area (Å²) in [6, 6.07) is 8.28. The Kier molecular flexibility index (Phi) is 1.80. The second-order valence-corrected chi connectivity index (χ2v) is 4.12. The summed E-state index contributed by atoms with van der Waals surface area (Å²) in [5, 5.41) is 0.